The summed E-state index contributed by atoms with van der Waals surface area (Å²) in [5, 5.41) is 3.03. The molecule has 32 heavy (non-hydrogen) atoms. The molecule has 4 rings (SSSR count). The van der Waals surface area contributed by atoms with E-state index >= 15 is 0 Å². The molecule has 2 aliphatic rings. The van der Waals surface area contributed by atoms with Crippen LogP contribution in [0.2, 0.25) is 0 Å². The van der Waals surface area contributed by atoms with E-state index in [1.807, 2.05) is 31.2 Å². The second-order valence-electron chi connectivity index (χ2n) is 9.18. The first-order chi connectivity index (χ1) is 15.6. The number of amides is 1. The van der Waals surface area contributed by atoms with E-state index < -0.39 is 0 Å². The fourth-order valence-corrected chi connectivity index (χ4v) is 5.19. The second-order valence-corrected chi connectivity index (χ2v) is 9.18. The first-order valence-electron chi connectivity index (χ1n) is 12.0. The topological polar surface area (TPSA) is 61.7 Å². The Labute approximate surface area is 191 Å². The summed E-state index contributed by atoms with van der Waals surface area (Å²) in [4.78, 5) is 12.6. The molecule has 1 heterocycles. The normalized spacial score (nSPS) is 17.3. The molecule has 0 bridgehead atoms. The third-order valence-corrected chi connectivity index (χ3v) is 7.05. The maximum Gasteiger partial charge on any atom is 0.412 e. The third-order valence-electron chi connectivity index (χ3n) is 7.05. The highest BCUT2D eigenvalue weighted by Gasteiger charge is 2.24. The predicted octanol–water partition coefficient (Wildman–Crippen LogP) is 6.09. The standard InChI is InChI=1S/C26H36N2O4/c1-18-25(32-26(29)27-20-11-7-8-12-20)16-23(28(18)17-19-9-5-4-6-10-19)22-15-21(30-2)13-14-24(22)31-3/h13-16,19-20H,4-12,17H2,1-3H3,(H,27,29). The van der Waals surface area contributed by atoms with Crippen molar-refractivity contribution in [1.82, 2.24) is 9.88 Å². The van der Waals surface area contributed by atoms with Crippen LogP contribution >= 0.6 is 0 Å². The SMILES string of the molecule is COc1ccc(OC)c(-c2cc(OC(=O)NC3CCCC3)c(C)n2CC2CCCCC2)c1. The summed E-state index contributed by atoms with van der Waals surface area (Å²) in [5.74, 6) is 2.78. The zero-order chi connectivity index (χ0) is 22.5. The maximum absolute atomic E-state index is 12.6. The van der Waals surface area contributed by atoms with Crippen molar-refractivity contribution < 1.29 is 19.0 Å². The molecule has 174 valence electrons. The van der Waals surface area contributed by atoms with E-state index in [0.717, 1.165) is 47.8 Å². The van der Waals surface area contributed by atoms with Gasteiger partial charge in [-0.15, -0.1) is 0 Å². The molecule has 1 N–H and O–H groups in total. The van der Waals surface area contributed by atoms with Crippen molar-refractivity contribution in [2.24, 2.45) is 5.92 Å². The van der Waals surface area contributed by atoms with Crippen LogP contribution in [0.3, 0.4) is 0 Å². The summed E-state index contributed by atoms with van der Waals surface area (Å²) in [6, 6.07) is 8.02. The molecule has 0 unspecified atom stereocenters. The Bertz CT molecular complexity index is 924. The summed E-state index contributed by atoms with van der Waals surface area (Å²) in [6.07, 6.45) is 10.4. The lowest BCUT2D eigenvalue weighted by Crippen LogP contribution is -2.34. The first-order valence-corrected chi connectivity index (χ1v) is 12.0. The van der Waals surface area contributed by atoms with Crippen LogP contribution in [0.25, 0.3) is 11.3 Å². The van der Waals surface area contributed by atoms with Gasteiger partial charge in [0.1, 0.15) is 11.5 Å². The summed E-state index contributed by atoms with van der Waals surface area (Å²) in [7, 11) is 3.35. The minimum absolute atomic E-state index is 0.227. The van der Waals surface area contributed by atoms with Gasteiger partial charge in [-0.05, 0) is 56.7 Å². The molecule has 2 saturated carbocycles. The molecule has 0 aliphatic heterocycles. The van der Waals surface area contributed by atoms with E-state index in [9.17, 15) is 4.79 Å². The molecule has 1 aromatic carbocycles. The largest absolute Gasteiger partial charge is 0.497 e. The van der Waals surface area contributed by atoms with Gasteiger partial charge in [0.25, 0.3) is 0 Å². The van der Waals surface area contributed by atoms with E-state index in [4.69, 9.17) is 14.2 Å². The molecular formula is C26H36N2O4. The predicted molar refractivity (Wildman–Crippen MR) is 126 cm³/mol. The lowest BCUT2D eigenvalue weighted by molar-refractivity contribution is 0.195. The van der Waals surface area contributed by atoms with Crippen molar-refractivity contribution in [2.45, 2.75) is 77.3 Å². The van der Waals surface area contributed by atoms with Crippen LogP contribution < -0.4 is 19.5 Å². The minimum atomic E-state index is -0.362. The van der Waals surface area contributed by atoms with Crippen molar-refractivity contribution in [3.8, 4) is 28.5 Å². The number of methoxy groups -OCH3 is 2. The average molecular weight is 441 g/mol. The molecule has 0 radical (unpaired) electrons. The molecule has 1 aromatic heterocycles. The number of carbonyl (C=O) groups is 1. The van der Waals surface area contributed by atoms with Crippen LogP contribution in [-0.4, -0.2) is 30.9 Å². The number of carbonyl (C=O) groups excluding carboxylic acids is 1. The van der Waals surface area contributed by atoms with Gasteiger partial charge in [0, 0.05) is 24.2 Å². The van der Waals surface area contributed by atoms with Gasteiger partial charge in [-0.3, -0.25) is 0 Å². The van der Waals surface area contributed by atoms with Gasteiger partial charge in [-0.1, -0.05) is 32.1 Å². The van der Waals surface area contributed by atoms with Crippen LogP contribution in [0.5, 0.6) is 17.2 Å². The first kappa shape index (κ1) is 22.6. The summed E-state index contributed by atoms with van der Waals surface area (Å²) >= 11 is 0. The van der Waals surface area contributed by atoms with Crippen molar-refractivity contribution in [3.05, 3.63) is 30.0 Å². The Morgan fingerprint density at radius 3 is 2.38 bits per heavy atom. The number of ether oxygens (including phenoxy) is 3. The lowest BCUT2D eigenvalue weighted by atomic mass is 9.89. The van der Waals surface area contributed by atoms with Gasteiger partial charge in [0.15, 0.2) is 5.75 Å². The van der Waals surface area contributed by atoms with E-state index in [0.29, 0.717) is 11.7 Å². The number of aromatic nitrogens is 1. The number of hydrogen-bond acceptors (Lipinski definition) is 4. The Kier molecular flexibility index (Phi) is 7.28. The highest BCUT2D eigenvalue weighted by atomic mass is 16.6. The van der Waals surface area contributed by atoms with Gasteiger partial charge in [0.2, 0.25) is 0 Å². The number of rotatable bonds is 7. The van der Waals surface area contributed by atoms with Crippen LogP contribution in [0, 0.1) is 12.8 Å². The zero-order valence-electron chi connectivity index (χ0n) is 19.6. The quantitative estimate of drug-likeness (QED) is 0.566. The van der Waals surface area contributed by atoms with E-state index in [-0.39, 0.29) is 12.1 Å². The number of benzene rings is 1. The fourth-order valence-electron chi connectivity index (χ4n) is 5.19. The number of hydrogen-bond donors (Lipinski definition) is 1. The molecule has 0 saturated heterocycles. The smallest absolute Gasteiger partial charge is 0.412 e. The molecule has 6 heteroatoms. The fraction of sp³-hybridized carbons (Fsp3) is 0.577. The summed E-state index contributed by atoms with van der Waals surface area (Å²) in [5.41, 5.74) is 2.90. The Morgan fingerprint density at radius 2 is 1.69 bits per heavy atom. The van der Waals surface area contributed by atoms with E-state index in [1.54, 1.807) is 14.2 Å². The van der Waals surface area contributed by atoms with Gasteiger partial charge in [0.05, 0.1) is 25.6 Å². The highest BCUT2D eigenvalue weighted by Crippen LogP contribution is 2.39. The Morgan fingerprint density at radius 1 is 0.969 bits per heavy atom. The molecule has 0 spiro atoms. The van der Waals surface area contributed by atoms with Crippen LogP contribution in [0.4, 0.5) is 4.79 Å². The lowest BCUT2D eigenvalue weighted by Gasteiger charge is -2.24. The average Bonchev–Trinajstić information content (AvgIpc) is 3.43. The minimum Gasteiger partial charge on any atom is -0.497 e. The van der Waals surface area contributed by atoms with E-state index in [2.05, 4.69) is 9.88 Å². The van der Waals surface area contributed by atoms with Gasteiger partial charge in [-0.25, -0.2) is 4.79 Å². The van der Waals surface area contributed by atoms with Crippen molar-refractivity contribution in [1.29, 1.82) is 0 Å². The molecule has 0 atom stereocenters. The molecular weight excluding hydrogens is 404 g/mol. The monoisotopic (exact) mass is 440 g/mol. The molecule has 1 amide bonds. The van der Waals surface area contributed by atoms with Gasteiger partial charge < -0.3 is 24.1 Å². The van der Waals surface area contributed by atoms with Crippen molar-refractivity contribution >= 4 is 6.09 Å². The molecule has 2 aliphatic carbocycles. The number of nitrogens with zero attached hydrogens (tertiary/aromatic N) is 1. The van der Waals surface area contributed by atoms with Gasteiger partial charge in [-0.2, -0.15) is 0 Å². The highest BCUT2D eigenvalue weighted by molar-refractivity contribution is 5.75. The Hall–Kier alpha value is -2.63. The second kappa shape index (κ2) is 10.3. The van der Waals surface area contributed by atoms with Crippen LogP contribution in [0.15, 0.2) is 24.3 Å². The van der Waals surface area contributed by atoms with Crippen LogP contribution in [-0.2, 0) is 6.54 Å². The zero-order valence-corrected chi connectivity index (χ0v) is 19.6. The van der Waals surface area contributed by atoms with Crippen molar-refractivity contribution in [3.63, 3.8) is 0 Å². The third kappa shape index (κ3) is 5.05. The van der Waals surface area contributed by atoms with E-state index in [1.165, 1.54) is 44.9 Å². The number of nitrogens with one attached hydrogen (secondary N) is 1. The van der Waals surface area contributed by atoms with Crippen LogP contribution in [0.1, 0.15) is 63.5 Å². The molecule has 2 fully saturated rings. The molecule has 2 aromatic rings. The maximum atomic E-state index is 12.6. The summed E-state index contributed by atoms with van der Waals surface area (Å²) in [6.45, 7) is 2.95. The van der Waals surface area contributed by atoms with Crippen molar-refractivity contribution in [2.75, 3.05) is 14.2 Å². The molecule has 6 nitrogen and oxygen atoms in total. The summed E-state index contributed by atoms with van der Waals surface area (Å²) < 4.78 is 19.3. The van der Waals surface area contributed by atoms with Gasteiger partial charge >= 0.3 is 6.09 Å². The Balaban J connectivity index is 1.67.